The molecule has 0 heterocycles. The molecule has 0 amide bonds. The minimum absolute atomic E-state index is 0.162. The smallest absolute Gasteiger partial charge is 0.123 e. The quantitative estimate of drug-likeness (QED) is 0.823. The van der Waals surface area contributed by atoms with Crippen molar-refractivity contribution in [1.29, 1.82) is 0 Å². The second-order valence-electron chi connectivity index (χ2n) is 5.51. The number of hydrogen-bond acceptors (Lipinski definition) is 3. The molecule has 0 aliphatic carbocycles. The Morgan fingerprint density at radius 2 is 1.68 bits per heavy atom. The molecule has 2 N–H and O–H groups in total. The molecule has 3 nitrogen and oxygen atoms in total. The maximum absolute atomic E-state index is 12.8. The van der Waals surface area contributed by atoms with Gasteiger partial charge in [-0.05, 0) is 49.2 Å². The largest absolute Gasteiger partial charge is 0.491 e. The summed E-state index contributed by atoms with van der Waals surface area (Å²) < 4.78 is 18.4. The molecule has 0 saturated heterocycles. The van der Waals surface area contributed by atoms with Crippen LogP contribution in [0.5, 0.6) is 5.75 Å². The predicted octanol–water partition coefficient (Wildman–Crippen LogP) is 3.44. The van der Waals surface area contributed by atoms with Crippen LogP contribution in [0.4, 0.5) is 4.39 Å². The van der Waals surface area contributed by atoms with Crippen molar-refractivity contribution in [3.63, 3.8) is 0 Å². The molecule has 22 heavy (non-hydrogen) atoms. The van der Waals surface area contributed by atoms with E-state index in [1.165, 1.54) is 12.1 Å². The molecule has 0 radical (unpaired) electrons. The minimum atomic E-state index is -0.649. The van der Waals surface area contributed by atoms with Gasteiger partial charge in [-0.3, -0.25) is 0 Å². The highest BCUT2D eigenvalue weighted by atomic mass is 19.1. The second kappa shape index (κ2) is 7.92. The van der Waals surface area contributed by atoms with E-state index in [1.54, 1.807) is 12.1 Å². The Hall–Kier alpha value is -1.91. The summed E-state index contributed by atoms with van der Waals surface area (Å²) in [7, 11) is 0. The van der Waals surface area contributed by atoms with Gasteiger partial charge in [0.1, 0.15) is 11.6 Å². The van der Waals surface area contributed by atoms with Gasteiger partial charge in [0.25, 0.3) is 0 Å². The number of ether oxygens (including phenoxy) is 1. The summed E-state index contributed by atoms with van der Waals surface area (Å²) in [6.07, 6.45) is -0.487. The van der Waals surface area contributed by atoms with Crippen LogP contribution >= 0.6 is 0 Å². The van der Waals surface area contributed by atoms with Crippen LogP contribution in [0.25, 0.3) is 0 Å². The van der Waals surface area contributed by atoms with Crippen molar-refractivity contribution in [3.8, 4) is 5.75 Å². The highest BCUT2D eigenvalue weighted by Gasteiger charge is 2.07. The van der Waals surface area contributed by atoms with E-state index in [9.17, 15) is 9.50 Å². The van der Waals surface area contributed by atoms with Crippen LogP contribution < -0.4 is 10.1 Å². The van der Waals surface area contributed by atoms with Gasteiger partial charge in [-0.1, -0.05) is 24.3 Å². The SMILES string of the molecule is CC(C)Oc1ccc(CNCC(O)c2ccc(F)cc2)cc1. The van der Waals surface area contributed by atoms with E-state index in [1.807, 2.05) is 38.1 Å². The molecule has 0 aliphatic heterocycles. The van der Waals surface area contributed by atoms with Crippen molar-refractivity contribution in [3.05, 3.63) is 65.5 Å². The van der Waals surface area contributed by atoms with E-state index >= 15 is 0 Å². The van der Waals surface area contributed by atoms with E-state index in [0.717, 1.165) is 11.3 Å². The standard InChI is InChI=1S/C18H22FNO2/c1-13(2)22-17-9-3-14(4-10-17)11-20-12-18(21)15-5-7-16(19)8-6-15/h3-10,13,18,20-21H,11-12H2,1-2H3. The topological polar surface area (TPSA) is 41.5 Å². The fourth-order valence-corrected chi connectivity index (χ4v) is 2.11. The van der Waals surface area contributed by atoms with Gasteiger partial charge in [0, 0.05) is 13.1 Å². The Balaban J connectivity index is 1.79. The molecule has 0 spiro atoms. The van der Waals surface area contributed by atoms with Crippen molar-refractivity contribution >= 4 is 0 Å². The molecule has 0 saturated carbocycles. The normalized spacial score (nSPS) is 12.4. The van der Waals surface area contributed by atoms with Gasteiger partial charge in [-0.2, -0.15) is 0 Å². The van der Waals surface area contributed by atoms with Crippen molar-refractivity contribution in [2.24, 2.45) is 0 Å². The number of halogens is 1. The predicted molar refractivity (Wildman–Crippen MR) is 85.3 cm³/mol. The number of rotatable bonds is 7. The van der Waals surface area contributed by atoms with Gasteiger partial charge in [-0.15, -0.1) is 0 Å². The molecule has 1 unspecified atom stereocenters. The summed E-state index contributed by atoms with van der Waals surface area (Å²) in [6, 6.07) is 13.8. The summed E-state index contributed by atoms with van der Waals surface area (Å²) in [6.45, 7) is 5.05. The van der Waals surface area contributed by atoms with Gasteiger partial charge >= 0.3 is 0 Å². The van der Waals surface area contributed by atoms with Crippen LogP contribution in [-0.2, 0) is 6.54 Å². The molecule has 2 rings (SSSR count). The van der Waals surface area contributed by atoms with Crippen LogP contribution in [0.1, 0.15) is 31.1 Å². The third-order valence-corrected chi connectivity index (χ3v) is 3.22. The third-order valence-electron chi connectivity index (χ3n) is 3.22. The van der Waals surface area contributed by atoms with Crippen LogP contribution in [0.15, 0.2) is 48.5 Å². The lowest BCUT2D eigenvalue weighted by Gasteiger charge is -2.13. The maximum Gasteiger partial charge on any atom is 0.123 e. The van der Waals surface area contributed by atoms with Gasteiger partial charge in [0.05, 0.1) is 12.2 Å². The number of benzene rings is 2. The number of aliphatic hydroxyl groups is 1. The van der Waals surface area contributed by atoms with Crippen molar-refractivity contribution in [2.45, 2.75) is 32.6 Å². The molecule has 4 heteroatoms. The lowest BCUT2D eigenvalue weighted by molar-refractivity contribution is 0.174. The molecule has 0 bridgehead atoms. The van der Waals surface area contributed by atoms with E-state index in [-0.39, 0.29) is 11.9 Å². The zero-order chi connectivity index (χ0) is 15.9. The number of hydrogen-bond donors (Lipinski definition) is 2. The zero-order valence-electron chi connectivity index (χ0n) is 12.9. The lowest BCUT2D eigenvalue weighted by atomic mass is 10.1. The second-order valence-corrected chi connectivity index (χ2v) is 5.51. The van der Waals surface area contributed by atoms with Crippen LogP contribution in [0, 0.1) is 5.82 Å². The fraction of sp³-hybridized carbons (Fsp3) is 0.333. The monoisotopic (exact) mass is 303 g/mol. The number of aliphatic hydroxyl groups excluding tert-OH is 1. The van der Waals surface area contributed by atoms with E-state index < -0.39 is 6.10 Å². The first kappa shape index (κ1) is 16.5. The van der Waals surface area contributed by atoms with Gasteiger partial charge < -0.3 is 15.2 Å². The molecule has 0 aliphatic rings. The fourth-order valence-electron chi connectivity index (χ4n) is 2.11. The highest BCUT2D eigenvalue weighted by Crippen LogP contribution is 2.15. The maximum atomic E-state index is 12.8. The average Bonchev–Trinajstić information content (AvgIpc) is 2.49. The molecule has 2 aromatic rings. The summed E-state index contributed by atoms with van der Waals surface area (Å²) in [4.78, 5) is 0. The Labute approximate surface area is 130 Å². The third kappa shape index (κ3) is 5.13. The van der Waals surface area contributed by atoms with Gasteiger partial charge in [-0.25, -0.2) is 4.39 Å². The zero-order valence-corrected chi connectivity index (χ0v) is 12.9. The first-order valence-electron chi connectivity index (χ1n) is 7.44. The van der Waals surface area contributed by atoms with Gasteiger partial charge in [0.15, 0.2) is 0 Å². The summed E-state index contributed by atoms with van der Waals surface area (Å²) in [5.74, 6) is 0.553. The lowest BCUT2D eigenvalue weighted by Crippen LogP contribution is -2.21. The Morgan fingerprint density at radius 1 is 1.05 bits per heavy atom. The molecule has 1 atom stereocenters. The molecule has 0 aromatic heterocycles. The Kier molecular flexibility index (Phi) is 5.92. The van der Waals surface area contributed by atoms with Crippen molar-refractivity contribution < 1.29 is 14.2 Å². The Bertz CT molecular complexity index is 567. The highest BCUT2D eigenvalue weighted by molar-refractivity contribution is 5.27. The van der Waals surface area contributed by atoms with E-state index in [0.29, 0.717) is 18.7 Å². The summed E-state index contributed by atoms with van der Waals surface area (Å²) >= 11 is 0. The van der Waals surface area contributed by atoms with Crippen LogP contribution in [0.2, 0.25) is 0 Å². The Morgan fingerprint density at radius 3 is 2.27 bits per heavy atom. The molecule has 0 fully saturated rings. The first-order valence-corrected chi connectivity index (χ1v) is 7.44. The molecular formula is C18H22FNO2. The van der Waals surface area contributed by atoms with Crippen LogP contribution in [0.3, 0.4) is 0 Å². The molecule has 118 valence electrons. The minimum Gasteiger partial charge on any atom is -0.491 e. The van der Waals surface area contributed by atoms with Crippen molar-refractivity contribution in [1.82, 2.24) is 5.32 Å². The molecule has 2 aromatic carbocycles. The first-order chi connectivity index (χ1) is 10.5. The van der Waals surface area contributed by atoms with E-state index in [4.69, 9.17) is 4.74 Å². The van der Waals surface area contributed by atoms with Crippen LogP contribution in [-0.4, -0.2) is 17.8 Å². The van der Waals surface area contributed by atoms with Gasteiger partial charge in [0.2, 0.25) is 0 Å². The molecular weight excluding hydrogens is 281 g/mol. The average molecular weight is 303 g/mol. The number of nitrogens with one attached hydrogen (secondary N) is 1. The van der Waals surface area contributed by atoms with Crippen molar-refractivity contribution in [2.75, 3.05) is 6.54 Å². The summed E-state index contributed by atoms with van der Waals surface area (Å²) in [5.41, 5.74) is 1.82. The van der Waals surface area contributed by atoms with E-state index in [2.05, 4.69) is 5.32 Å². The summed E-state index contributed by atoms with van der Waals surface area (Å²) in [5, 5.41) is 13.2.